The van der Waals surface area contributed by atoms with Crippen LogP contribution in [0.1, 0.15) is 26.3 Å². The molecule has 2 heteroatoms. The summed E-state index contributed by atoms with van der Waals surface area (Å²) in [4.78, 5) is 0. The van der Waals surface area contributed by atoms with Gasteiger partial charge in [-0.2, -0.15) is 0 Å². The van der Waals surface area contributed by atoms with Crippen LogP contribution in [0, 0.1) is 6.92 Å². The van der Waals surface area contributed by atoms with Crippen molar-refractivity contribution in [3.63, 3.8) is 0 Å². The standard InChI is InChI=1S/C11H17NO/c1-8-5-6-9(12)10(7-8)13-11(2,3)4/h5-7H,12H2,1-4H3. The SMILES string of the molecule is Cc1ccc(N)c(OC(C)(C)C)c1. The van der Waals surface area contributed by atoms with E-state index in [0.29, 0.717) is 5.69 Å². The van der Waals surface area contributed by atoms with Crippen LogP contribution in [0.5, 0.6) is 5.75 Å². The van der Waals surface area contributed by atoms with E-state index in [-0.39, 0.29) is 5.60 Å². The van der Waals surface area contributed by atoms with Gasteiger partial charge in [0.15, 0.2) is 0 Å². The Labute approximate surface area is 79.7 Å². The number of rotatable bonds is 1. The van der Waals surface area contributed by atoms with Gasteiger partial charge in [0.25, 0.3) is 0 Å². The van der Waals surface area contributed by atoms with Crippen molar-refractivity contribution in [2.45, 2.75) is 33.3 Å². The minimum Gasteiger partial charge on any atom is -0.486 e. The number of hydrogen-bond donors (Lipinski definition) is 1. The molecule has 0 radical (unpaired) electrons. The van der Waals surface area contributed by atoms with Gasteiger partial charge in [0, 0.05) is 0 Å². The van der Waals surface area contributed by atoms with Crippen molar-refractivity contribution in [2.75, 3.05) is 5.73 Å². The van der Waals surface area contributed by atoms with Gasteiger partial charge in [0.2, 0.25) is 0 Å². The number of aryl methyl sites for hydroxylation is 1. The quantitative estimate of drug-likeness (QED) is 0.673. The first kappa shape index (κ1) is 9.90. The third kappa shape index (κ3) is 2.98. The molecule has 0 aliphatic rings. The molecular weight excluding hydrogens is 162 g/mol. The van der Waals surface area contributed by atoms with Gasteiger partial charge in [0.1, 0.15) is 11.4 Å². The van der Waals surface area contributed by atoms with Gasteiger partial charge in [-0.15, -0.1) is 0 Å². The van der Waals surface area contributed by atoms with Gasteiger partial charge in [0.05, 0.1) is 5.69 Å². The van der Waals surface area contributed by atoms with Crippen molar-refractivity contribution >= 4 is 5.69 Å². The number of nitrogen functional groups attached to an aromatic ring is 1. The second kappa shape index (κ2) is 3.29. The first-order valence-corrected chi connectivity index (χ1v) is 4.43. The van der Waals surface area contributed by atoms with Crippen LogP contribution in [0.3, 0.4) is 0 Å². The highest BCUT2D eigenvalue weighted by atomic mass is 16.5. The van der Waals surface area contributed by atoms with E-state index in [1.165, 1.54) is 0 Å². The fourth-order valence-corrected chi connectivity index (χ4v) is 1.06. The molecular formula is C11H17NO. The minimum atomic E-state index is -0.193. The summed E-state index contributed by atoms with van der Waals surface area (Å²) in [6.07, 6.45) is 0. The van der Waals surface area contributed by atoms with E-state index in [9.17, 15) is 0 Å². The Hall–Kier alpha value is -1.18. The molecule has 0 fully saturated rings. The molecule has 0 aliphatic carbocycles. The molecule has 13 heavy (non-hydrogen) atoms. The summed E-state index contributed by atoms with van der Waals surface area (Å²) in [6.45, 7) is 8.05. The first-order valence-electron chi connectivity index (χ1n) is 4.43. The Morgan fingerprint density at radius 3 is 2.38 bits per heavy atom. The third-order valence-electron chi connectivity index (χ3n) is 1.59. The molecule has 0 unspecified atom stereocenters. The van der Waals surface area contributed by atoms with Crippen LogP contribution in [0.2, 0.25) is 0 Å². The van der Waals surface area contributed by atoms with Crippen molar-refractivity contribution in [1.82, 2.24) is 0 Å². The van der Waals surface area contributed by atoms with Crippen molar-refractivity contribution in [3.05, 3.63) is 23.8 Å². The lowest BCUT2D eigenvalue weighted by molar-refractivity contribution is 0.132. The third-order valence-corrected chi connectivity index (χ3v) is 1.59. The molecule has 0 saturated heterocycles. The van der Waals surface area contributed by atoms with Gasteiger partial charge < -0.3 is 10.5 Å². The van der Waals surface area contributed by atoms with Gasteiger partial charge in [-0.05, 0) is 45.4 Å². The van der Waals surface area contributed by atoms with Crippen LogP contribution in [-0.2, 0) is 0 Å². The summed E-state index contributed by atoms with van der Waals surface area (Å²) < 4.78 is 5.69. The van der Waals surface area contributed by atoms with Crippen LogP contribution >= 0.6 is 0 Å². The average Bonchev–Trinajstić information content (AvgIpc) is 1.94. The zero-order valence-corrected chi connectivity index (χ0v) is 8.72. The van der Waals surface area contributed by atoms with E-state index < -0.39 is 0 Å². The zero-order valence-electron chi connectivity index (χ0n) is 8.72. The van der Waals surface area contributed by atoms with Gasteiger partial charge >= 0.3 is 0 Å². The molecule has 0 saturated carbocycles. The number of nitrogens with two attached hydrogens (primary N) is 1. The van der Waals surface area contributed by atoms with E-state index in [2.05, 4.69) is 0 Å². The van der Waals surface area contributed by atoms with Gasteiger partial charge in [-0.3, -0.25) is 0 Å². The minimum absolute atomic E-state index is 0.193. The molecule has 72 valence electrons. The van der Waals surface area contributed by atoms with Crippen molar-refractivity contribution in [1.29, 1.82) is 0 Å². The van der Waals surface area contributed by atoms with Crippen LogP contribution in [0.25, 0.3) is 0 Å². The predicted molar refractivity (Wildman–Crippen MR) is 56.0 cm³/mol. The topological polar surface area (TPSA) is 35.2 Å². The highest BCUT2D eigenvalue weighted by Gasteiger charge is 2.13. The summed E-state index contributed by atoms with van der Waals surface area (Å²) in [5.74, 6) is 0.771. The Morgan fingerprint density at radius 2 is 1.85 bits per heavy atom. The number of ether oxygens (including phenoxy) is 1. The molecule has 0 aliphatic heterocycles. The molecule has 1 aromatic carbocycles. The smallest absolute Gasteiger partial charge is 0.143 e. The molecule has 0 atom stereocenters. The second-order valence-corrected chi connectivity index (χ2v) is 4.26. The first-order chi connectivity index (χ1) is 5.88. The predicted octanol–water partition coefficient (Wildman–Crippen LogP) is 2.75. The zero-order chi connectivity index (χ0) is 10.1. The highest BCUT2D eigenvalue weighted by Crippen LogP contribution is 2.26. The maximum Gasteiger partial charge on any atom is 0.143 e. The molecule has 0 amide bonds. The lowest BCUT2D eigenvalue weighted by Gasteiger charge is -2.22. The van der Waals surface area contributed by atoms with E-state index in [0.717, 1.165) is 11.3 Å². The number of hydrogen-bond acceptors (Lipinski definition) is 2. The van der Waals surface area contributed by atoms with Gasteiger partial charge in [-0.1, -0.05) is 6.07 Å². The normalized spacial score (nSPS) is 11.4. The largest absolute Gasteiger partial charge is 0.486 e. The molecule has 0 heterocycles. The van der Waals surface area contributed by atoms with E-state index in [4.69, 9.17) is 10.5 Å². The summed E-state index contributed by atoms with van der Waals surface area (Å²) in [5.41, 5.74) is 7.43. The van der Waals surface area contributed by atoms with Crippen molar-refractivity contribution in [2.24, 2.45) is 0 Å². The molecule has 1 rings (SSSR count). The molecule has 0 bridgehead atoms. The van der Waals surface area contributed by atoms with Crippen LogP contribution < -0.4 is 10.5 Å². The maximum absolute atomic E-state index is 5.77. The second-order valence-electron chi connectivity index (χ2n) is 4.26. The summed E-state index contributed by atoms with van der Waals surface area (Å²) in [5, 5.41) is 0. The molecule has 2 nitrogen and oxygen atoms in total. The van der Waals surface area contributed by atoms with Gasteiger partial charge in [-0.25, -0.2) is 0 Å². The Kier molecular flexibility index (Phi) is 2.50. The Bertz CT molecular complexity index is 299. The molecule has 2 N–H and O–H groups in total. The van der Waals surface area contributed by atoms with Crippen LogP contribution in [0.15, 0.2) is 18.2 Å². The Morgan fingerprint density at radius 1 is 1.23 bits per heavy atom. The lowest BCUT2D eigenvalue weighted by Crippen LogP contribution is -2.23. The van der Waals surface area contributed by atoms with Crippen LogP contribution in [-0.4, -0.2) is 5.60 Å². The van der Waals surface area contributed by atoms with Crippen molar-refractivity contribution < 1.29 is 4.74 Å². The molecule has 0 aromatic heterocycles. The fourth-order valence-electron chi connectivity index (χ4n) is 1.06. The van der Waals surface area contributed by atoms with E-state index in [1.807, 2.05) is 45.9 Å². The maximum atomic E-state index is 5.77. The number of anilines is 1. The van der Waals surface area contributed by atoms with E-state index in [1.54, 1.807) is 0 Å². The van der Waals surface area contributed by atoms with Crippen molar-refractivity contribution in [3.8, 4) is 5.75 Å². The molecule has 1 aromatic rings. The van der Waals surface area contributed by atoms with E-state index >= 15 is 0 Å². The molecule has 0 spiro atoms. The summed E-state index contributed by atoms with van der Waals surface area (Å²) in [6, 6.07) is 5.81. The fraction of sp³-hybridized carbons (Fsp3) is 0.455. The van der Waals surface area contributed by atoms with Crippen LogP contribution in [0.4, 0.5) is 5.69 Å². The average molecular weight is 179 g/mol. The summed E-state index contributed by atoms with van der Waals surface area (Å²) in [7, 11) is 0. The number of benzene rings is 1. The lowest BCUT2D eigenvalue weighted by atomic mass is 10.1. The summed E-state index contributed by atoms with van der Waals surface area (Å²) >= 11 is 0. The Balaban J connectivity index is 2.94. The highest BCUT2D eigenvalue weighted by molar-refractivity contribution is 5.53. The monoisotopic (exact) mass is 179 g/mol.